The third-order valence-electron chi connectivity index (χ3n) is 1.97. The lowest BCUT2D eigenvalue weighted by atomic mass is 10.0. The number of ether oxygens (including phenoxy) is 1. The van der Waals surface area contributed by atoms with E-state index in [1.54, 1.807) is 0 Å². The van der Waals surface area contributed by atoms with Crippen molar-refractivity contribution in [3.8, 4) is 5.75 Å². The number of fused-ring (bicyclic) bond motifs is 1. The normalized spacial score (nSPS) is 19.9. The molecule has 0 aromatic heterocycles. The van der Waals surface area contributed by atoms with Crippen LogP contribution in [0, 0.1) is 0 Å². The average molecular weight is 183 g/mol. The van der Waals surface area contributed by atoms with Crippen molar-refractivity contribution in [2.24, 2.45) is 0 Å². The van der Waals surface area contributed by atoms with Crippen LogP contribution in [0.1, 0.15) is 11.5 Å². The Morgan fingerprint density at radius 2 is 2.25 bits per heavy atom. The van der Waals surface area contributed by atoms with Crippen LogP contribution in [0.3, 0.4) is 0 Å². The molecule has 2 rings (SSSR count). The second-order valence-corrected chi connectivity index (χ2v) is 3.08. The molecular formula is C9H7ClO2. The van der Waals surface area contributed by atoms with E-state index in [1.165, 1.54) is 0 Å². The van der Waals surface area contributed by atoms with Crippen molar-refractivity contribution in [1.82, 2.24) is 0 Å². The van der Waals surface area contributed by atoms with Gasteiger partial charge in [0.2, 0.25) is 5.24 Å². The summed E-state index contributed by atoms with van der Waals surface area (Å²) in [5.41, 5.74) is 0.900. The summed E-state index contributed by atoms with van der Waals surface area (Å²) in [7, 11) is 0. The molecule has 0 amide bonds. The number of halogens is 1. The van der Waals surface area contributed by atoms with E-state index < -0.39 is 0 Å². The zero-order valence-corrected chi connectivity index (χ0v) is 7.04. The number of hydrogen-bond donors (Lipinski definition) is 0. The molecule has 1 aliphatic rings. The fourth-order valence-electron chi connectivity index (χ4n) is 1.35. The van der Waals surface area contributed by atoms with Crippen LogP contribution in [0.2, 0.25) is 0 Å². The van der Waals surface area contributed by atoms with Crippen LogP contribution in [-0.2, 0) is 4.79 Å². The van der Waals surface area contributed by atoms with Gasteiger partial charge in [-0.05, 0) is 17.7 Å². The first kappa shape index (κ1) is 7.62. The van der Waals surface area contributed by atoms with Gasteiger partial charge < -0.3 is 4.74 Å². The minimum atomic E-state index is -0.347. The first-order valence-corrected chi connectivity index (χ1v) is 4.08. The van der Waals surface area contributed by atoms with Gasteiger partial charge in [0.05, 0.1) is 5.92 Å². The molecule has 1 heterocycles. The lowest BCUT2D eigenvalue weighted by Crippen LogP contribution is -2.07. The number of carbonyl (C=O) groups is 1. The fraction of sp³-hybridized carbons (Fsp3) is 0.222. The maximum Gasteiger partial charge on any atom is 0.232 e. The molecule has 0 bridgehead atoms. The minimum Gasteiger partial charge on any atom is -0.492 e. The van der Waals surface area contributed by atoms with E-state index in [4.69, 9.17) is 16.3 Å². The van der Waals surface area contributed by atoms with Crippen LogP contribution in [-0.4, -0.2) is 11.8 Å². The Hall–Kier alpha value is -1.02. The van der Waals surface area contributed by atoms with Crippen LogP contribution in [0.25, 0.3) is 0 Å². The van der Waals surface area contributed by atoms with Crippen LogP contribution in [0.4, 0.5) is 0 Å². The smallest absolute Gasteiger partial charge is 0.232 e. The maximum absolute atomic E-state index is 10.9. The minimum absolute atomic E-state index is 0.275. The number of para-hydroxylation sites is 1. The average Bonchev–Trinajstić information content (AvgIpc) is 2.47. The molecule has 0 saturated heterocycles. The molecule has 0 saturated carbocycles. The standard InChI is InChI=1S/C9H7ClO2/c10-9(11)7-5-12-8-4-2-1-3-6(7)8/h1-4,7H,5H2/t7-/m0/s1. The van der Waals surface area contributed by atoms with Gasteiger partial charge in [-0.1, -0.05) is 18.2 Å². The van der Waals surface area contributed by atoms with Crippen molar-refractivity contribution in [3.05, 3.63) is 29.8 Å². The second-order valence-electron chi connectivity index (χ2n) is 2.71. The lowest BCUT2D eigenvalue weighted by Gasteiger charge is -1.99. The summed E-state index contributed by atoms with van der Waals surface area (Å²) in [4.78, 5) is 10.9. The lowest BCUT2D eigenvalue weighted by molar-refractivity contribution is -0.113. The molecule has 0 fully saturated rings. The number of benzene rings is 1. The van der Waals surface area contributed by atoms with Crippen molar-refractivity contribution in [2.75, 3.05) is 6.61 Å². The summed E-state index contributed by atoms with van der Waals surface area (Å²) >= 11 is 5.39. The predicted octanol–water partition coefficient (Wildman–Crippen LogP) is 1.93. The van der Waals surface area contributed by atoms with Crippen LogP contribution in [0.15, 0.2) is 24.3 Å². The largest absolute Gasteiger partial charge is 0.492 e. The fourth-order valence-corrected chi connectivity index (χ4v) is 1.53. The van der Waals surface area contributed by atoms with Crippen molar-refractivity contribution >= 4 is 16.8 Å². The molecule has 0 unspecified atom stereocenters. The highest BCUT2D eigenvalue weighted by Gasteiger charge is 2.28. The van der Waals surface area contributed by atoms with E-state index in [2.05, 4.69) is 0 Å². The van der Waals surface area contributed by atoms with Crippen LogP contribution in [0.5, 0.6) is 5.75 Å². The SMILES string of the molecule is O=C(Cl)[C@H]1COc2ccccc21. The van der Waals surface area contributed by atoms with Gasteiger partial charge >= 0.3 is 0 Å². The van der Waals surface area contributed by atoms with E-state index in [9.17, 15) is 4.79 Å². The maximum atomic E-state index is 10.9. The Morgan fingerprint density at radius 3 is 3.00 bits per heavy atom. The molecule has 3 heteroatoms. The van der Waals surface area contributed by atoms with Crippen LogP contribution >= 0.6 is 11.6 Å². The summed E-state index contributed by atoms with van der Waals surface area (Å²) in [5.74, 6) is 0.499. The van der Waals surface area contributed by atoms with E-state index in [1.807, 2.05) is 24.3 Å². The molecule has 62 valence electrons. The van der Waals surface area contributed by atoms with E-state index >= 15 is 0 Å². The van der Waals surface area contributed by atoms with Crippen molar-refractivity contribution in [2.45, 2.75) is 5.92 Å². The Bertz CT molecular complexity index is 322. The van der Waals surface area contributed by atoms with Crippen LogP contribution < -0.4 is 4.74 Å². The van der Waals surface area contributed by atoms with Gasteiger partial charge in [-0.15, -0.1) is 0 Å². The highest BCUT2D eigenvalue weighted by atomic mass is 35.5. The first-order chi connectivity index (χ1) is 5.79. The summed E-state index contributed by atoms with van der Waals surface area (Å²) in [5, 5.41) is -0.347. The van der Waals surface area contributed by atoms with Gasteiger partial charge in [0.25, 0.3) is 0 Å². The molecule has 1 aliphatic heterocycles. The summed E-state index contributed by atoms with van der Waals surface area (Å²) in [6, 6.07) is 7.46. The van der Waals surface area contributed by atoms with Crippen molar-refractivity contribution in [3.63, 3.8) is 0 Å². The number of carbonyl (C=O) groups excluding carboxylic acids is 1. The highest BCUT2D eigenvalue weighted by Crippen LogP contribution is 2.34. The third-order valence-corrected chi connectivity index (χ3v) is 2.24. The summed E-state index contributed by atoms with van der Waals surface area (Å²) in [6.07, 6.45) is 0. The quantitative estimate of drug-likeness (QED) is 0.621. The summed E-state index contributed by atoms with van der Waals surface area (Å²) in [6.45, 7) is 0.377. The number of rotatable bonds is 1. The Morgan fingerprint density at radius 1 is 1.50 bits per heavy atom. The van der Waals surface area contributed by atoms with Gasteiger partial charge in [-0.2, -0.15) is 0 Å². The molecule has 0 N–H and O–H groups in total. The zero-order chi connectivity index (χ0) is 8.55. The molecule has 1 aromatic carbocycles. The third kappa shape index (κ3) is 1.08. The predicted molar refractivity (Wildman–Crippen MR) is 45.5 cm³/mol. The molecule has 0 radical (unpaired) electrons. The Labute approximate surface area is 75.1 Å². The first-order valence-electron chi connectivity index (χ1n) is 3.70. The topological polar surface area (TPSA) is 26.3 Å². The molecule has 0 spiro atoms. The number of hydrogen-bond acceptors (Lipinski definition) is 2. The van der Waals surface area contributed by atoms with Gasteiger partial charge in [0.15, 0.2) is 0 Å². The zero-order valence-electron chi connectivity index (χ0n) is 6.29. The second kappa shape index (κ2) is 2.79. The van der Waals surface area contributed by atoms with E-state index in [-0.39, 0.29) is 11.2 Å². The van der Waals surface area contributed by atoms with Gasteiger partial charge in [-0.3, -0.25) is 4.79 Å². The van der Waals surface area contributed by atoms with Gasteiger partial charge in [0.1, 0.15) is 12.4 Å². The Kier molecular flexibility index (Phi) is 1.77. The Balaban J connectivity index is 2.42. The molecule has 12 heavy (non-hydrogen) atoms. The molecule has 1 aromatic rings. The molecular weight excluding hydrogens is 176 g/mol. The highest BCUT2D eigenvalue weighted by molar-refractivity contribution is 6.64. The van der Waals surface area contributed by atoms with Gasteiger partial charge in [0, 0.05) is 5.56 Å². The van der Waals surface area contributed by atoms with E-state index in [0.717, 1.165) is 11.3 Å². The van der Waals surface area contributed by atoms with Crippen molar-refractivity contribution in [1.29, 1.82) is 0 Å². The molecule has 2 nitrogen and oxygen atoms in total. The van der Waals surface area contributed by atoms with E-state index in [0.29, 0.717) is 6.61 Å². The molecule has 0 aliphatic carbocycles. The monoisotopic (exact) mass is 182 g/mol. The van der Waals surface area contributed by atoms with Crippen molar-refractivity contribution < 1.29 is 9.53 Å². The summed E-state index contributed by atoms with van der Waals surface area (Å²) < 4.78 is 5.27. The van der Waals surface area contributed by atoms with Gasteiger partial charge in [-0.25, -0.2) is 0 Å². The molecule has 1 atom stereocenters.